The molecule has 1 heteroatoms. The van der Waals surface area contributed by atoms with Gasteiger partial charge in [-0.05, 0) is 98.2 Å². The van der Waals surface area contributed by atoms with Crippen LogP contribution in [0.15, 0.2) is 24.3 Å². The summed E-state index contributed by atoms with van der Waals surface area (Å²) in [6, 6.07) is 0. The van der Waals surface area contributed by atoms with Crippen molar-refractivity contribution < 1.29 is 5.11 Å². The first-order valence-corrected chi connectivity index (χ1v) is 10.2. The molecular weight excluding hydrogens is 280 g/mol. The largest absolute Gasteiger partial charge is 0.393 e. The van der Waals surface area contributed by atoms with E-state index in [1.165, 1.54) is 44.9 Å². The highest BCUT2D eigenvalue weighted by Crippen LogP contribution is 2.68. The van der Waals surface area contributed by atoms with Crippen LogP contribution in [0.1, 0.15) is 64.7 Å². The van der Waals surface area contributed by atoms with E-state index in [0.29, 0.717) is 10.8 Å². The highest BCUT2D eigenvalue weighted by atomic mass is 16.3. The smallest absolute Gasteiger partial charge is 0.0543 e. The molecule has 0 heterocycles. The maximum Gasteiger partial charge on any atom is 0.0543 e. The highest BCUT2D eigenvalue weighted by Gasteiger charge is 2.60. The summed E-state index contributed by atoms with van der Waals surface area (Å²) in [4.78, 5) is 0. The van der Waals surface area contributed by atoms with Crippen molar-refractivity contribution in [3.05, 3.63) is 24.3 Å². The van der Waals surface area contributed by atoms with Crippen molar-refractivity contribution in [1.82, 2.24) is 0 Å². The minimum Gasteiger partial charge on any atom is -0.393 e. The van der Waals surface area contributed by atoms with Crippen molar-refractivity contribution in [2.45, 2.75) is 70.8 Å². The molecule has 0 aromatic carbocycles. The maximum absolute atomic E-state index is 10.1. The second-order valence-electron chi connectivity index (χ2n) is 9.66. The van der Waals surface area contributed by atoms with Crippen LogP contribution in [0.3, 0.4) is 0 Å². The summed E-state index contributed by atoms with van der Waals surface area (Å²) in [5, 5.41) is 10.1. The molecule has 4 fully saturated rings. The van der Waals surface area contributed by atoms with Gasteiger partial charge in [-0.1, -0.05) is 31.2 Å². The van der Waals surface area contributed by atoms with E-state index in [4.69, 9.17) is 0 Å². The standard InChI is InChI=1S/C22H32O/c1-21-12-9-17(23)14-16(21)5-7-18-19(21)10-13-22-11-3-2-4-15(22)6-8-20(18)22/h2-4,11,15-20,23H,5-10,12-14H2,1H3/t15?,16-,17+,18?,19?,20?,21-,22?/m0/s1. The Balaban J connectivity index is 1.47. The molecule has 5 unspecified atom stereocenters. The van der Waals surface area contributed by atoms with Gasteiger partial charge < -0.3 is 5.11 Å². The van der Waals surface area contributed by atoms with Gasteiger partial charge in [-0.25, -0.2) is 0 Å². The van der Waals surface area contributed by atoms with E-state index in [1.807, 2.05) is 0 Å². The minimum atomic E-state index is -0.0122. The fourth-order valence-corrected chi connectivity index (χ4v) is 8.04. The Morgan fingerprint density at radius 3 is 2.74 bits per heavy atom. The van der Waals surface area contributed by atoms with Crippen LogP contribution >= 0.6 is 0 Å². The van der Waals surface area contributed by atoms with Crippen LogP contribution in [0.25, 0.3) is 0 Å². The van der Waals surface area contributed by atoms with Crippen LogP contribution in [-0.4, -0.2) is 11.2 Å². The van der Waals surface area contributed by atoms with Gasteiger partial charge in [-0.15, -0.1) is 0 Å². The average Bonchev–Trinajstić information content (AvgIpc) is 2.95. The first kappa shape index (κ1) is 14.8. The number of hydrogen-bond acceptors (Lipinski definition) is 1. The summed E-state index contributed by atoms with van der Waals surface area (Å²) in [7, 11) is 0. The van der Waals surface area contributed by atoms with Crippen LogP contribution in [-0.2, 0) is 0 Å². The van der Waals surface area contributed by atoms with Gasteiger partial charge in [0.2, 0.25) is 0 Å². The van der Waals surface area contributed by atoms with Gasteiger partial charge in [0.15, 0.2) is 0 Å². The lowest BCUT2D eigenvalue weighted by molar-refractivity contribution is -0.119. The van der Waals surface area contributed by atoms with Gasteiger partial charge in [-0.2, -0.15) is 0 Å². The van der Waals surface area contributed by atoms with Crippen molar-refractivity contribution in [2.75, 3.05) is 0 Å². The highest BCUT2D eigenvalue weighted by molar-refractivity contribution is 5.26. The molecule has 5 aliphatic carbocycles. The third-order valence-electron chi connectivity index (χ3n) is 9.15. The summed E-state index contributed by atoms with van der Waals surface area (Å²) in [5.41, 5.74) is 1.04. The van der Waals surface area contributed by atoms with Crippen molar-refractivity contribution in [3.63, 3.8) is 0 Å². The Kier molecular flexibility index (Phi) is 3.19. The van der Waals surface area contributed by atoms with Gasteiger partial charge >= 0.3 is 0 Å². The van der Waals surface area contributed by atoms with Gasteiger partial charge in [-0.3, -0.25) is 0 Å². The first-order valence-electron chi connectivity index (χ1n) is 10.2. The second-order valence-corrected chi connectivity index (χ2v) is 9.66. The van der Waals surface area contributed by atoms with Gasteiger partial charge in [0.25, 0.3) is 0 Å². The zero-order chi connectivity index (χ0) is 15.7. The van der Waals surface area contributed by atoms with Gasteiger partial charge in [0.05, 0.1) is 6.10 Å². The SMILES string of the molecule is C[C@]12CC[C@@H](O)C[C@@H]1CCC1C3CCC4C=CC=CC43CCC12. The second kappa shape index (κ2) is 4.97. The average molecular weight is 312 g/mol. The van der Waals surface area contributed by atoms with Crippen molar-refractivity contribution in [3.8, 4) is 0 Å². The quantitative estimate of drug-likeness (QED) is 0.659. The molecule has 5 rings (SSSR count). The van der Waals surface area contributed by atoms with Crippen molar-refractivity contribution in [2.24, 2.45) is 40.4 Å². The number of allylic oxidation sites excluding steroid dienone is 4. The molecule has 0 radical (unpaired) electrons. The molecule has 0 saturated heterocycles. The number of hydrogen-bond donors (Lipinski definition) is 1. The Bertz CT molecular complexity index is 548. The van der Waals surface area contributed by atoms with Crippen LogP contribution in [0, 0.1) is 40.4 Å². The van der Waals surface area contributed by atoms with E-state index in [0.717, 1.165) is 42.4 Å². The fourth-order valence-electron chi connectivity index (χ4n) is 8.04. The molecule has 0 aliphatic heterocycles. The molecule has 126 valence electrons. The van der Waals surface area contributed by atoms with Crippen LogP contribution < -0.4 is 0 Å². The number of fused-ring (bicyclic) bond motifs is 4. The van der Waals surface area contributed by atoms with Crippen molar-refractivity contribution >= 4 is 0 Å². The Labute approximate surface area is 141 Å². The minimum absolute atomic E-state index is 0.0122. The Morgan fingerprint density at radius 2 is 1.83 bits per heavy atom. The zero-order valence-electron chi connectivity index (χ0n) is 14.6. The predicted molar refractivity (Wildman–Crippen MR) is 93.8 cm³/mol. The molecule has 5 aliphatic rings. The van der Waals surface area contributed by atoms with E-state index in [-0.39, 0.29) is 6.10 Å². The van der Waals surface area contributed by atoms with Crippen LogP contribution in [0.5, 0.6) is 0 Å². The van der Waals surface area contributed by atoms with E-state index in [9.17, 15) is 5.11 Å². The molecular formula is C22H32O. The fraction of sp³-hybridized carbons (Fsp3) is 0.818. The molecule has 0 amide bonds. The lowest BCUT2D eigenvalue weighted by Gasteiger charge is -2.61. The van der Waals surface area contributed by atoms with E-state index in [1.54, 1.807) is 0 Å². The van der Waals surface area contributed by atoms with Crippen LogP contribution in [0.2, 0.25) is 0 Å². The molecule has 1 nitrogen and oxygen atoms in total. The Morgan fingerprint density at radius 1 is 0.913 bits per heavy atom. The summed E-state index contributed by atoms with van der Waals surface area (Å²) in [6.07, 6.45) is 21.8. The van der Waals surface area contributed by atoms with E-state index >= 15 is 0 Å². The molecule has 1 N–H and O–H groups in total. The lowest BCUT2D eigenvalue weighted by atomic mass is 9.44. The topological polar surface area (TPSA) is 20.2 Å². The van der Waals surface area contributed by atoms with Gasteiger partial charge in [0.1, 0.15) is 0 Å². The predicted octanol–water partition coefficient (Wildman–Crippen LogP) is 5.11. The van der Waals surface area contributed by atoms with E-state index in [2.05, 4.69) is 31.2 Å². The first-order chi connectivity index (χ1) is 11.1. The van der Waals surface area contributed by atoms with Gasteiger partial charge in [0, 0.05) is 0 Å². The number of aliphatic hydroxyl groups excluding tert-OH is 1. The molecule has 1 spiro atoms. The van der Waals surface area contributed by atoms with Crippen molar-refractivity contribution in [1.29, 1.82) is 0 Å². The molecule has 23 heavy (non-hydrogen) atoms. The third-order valence-corrected chi connectivity index (χ3v) is 9.15. The third kappa shape index (κ3) is 1.89. The summed E-state index contributed by atoms with van der Waals surface area (Å²) in [5.74, 6) is 4.46. The molecule has 0 bridgehead atoms. The molecule has 0 aromatic rings. The lowest BCUT2D eigenvalue weighted by Crippen LogP contribution is -2.54. The molecule has 0 aromatic heterocycles. The maximum atomic E-state index is 10.1. The number of aliphatic hydroxyl groups is 1. The van der Waals surface area contributed by atoms with Crippen LogP contribution in [0.4, 0.5) is 0 Å². The zero-order valence-corrected chi connectivity index (χ0v) is 14.6. The normalized spacial score (nSPS) is 57.3. The van der Waals surface area contributed by atoms with E-state index < -0.39 is 0 Å². The summed E-state index contributed by atoms with van der Waals surface area (Å²) < 4.78 is 0. The molecule has 8 atom stereocenters. The summed E-state index contributed by atoms with van der Waals surface area (Å²) in [6.45, 7) is 2.60. The Hall–Kier alpha value is -0.560. The molecule has 4 saturated carbocycles. The number of rotatable bonds is 0. The summed E-state index contributed by atoms with van der Waals surface area (Å²) >= 11 is 0. The monoisotopic (exact) mass is 312 g/mol.